The average molecular weight is 515 g/mol. The van der Waals surface area contributed by atoms with Crippen LogP contribution in [0.3, 0.4) is 0 Å². The van der Waals surface area contributed by atoms with Gasteiger partial charge in [0.25, 0.3) is 0 Å². The SMILES string of the molecule is CC1C(OC(c2ccccc2-n2ccnc2)C(F)(F)F)=NC(N)=NC1c1ccc(C[C@H](N)C(=O)O)cc1. The number of aliphatic imine (C=N–C) groups is 2. The van der Waals surface area contributed by atoms with Gasteiger partial charge in [-0.25, -0.2) is 9.98 Å². The van der Waals surface area contributed by atoms with E-state index in [1.54, 1.807) is 49.5 Å². The molecule has 0 saturated heterocycles. The van der Waals surface area contributed by atoms with E-state index in [-0.39, 0.29) is 29.5 Å². The molecule has 9 nitrogen and oxygen atoms in total. The lowest BCUT2D eigenvalue weighted by atomic mass is 9.92. The smallest absolute Gasteiger partial charge is 0.429 e. The van der Waals surface area contributed by atoms with Crippen molar-refractivity contribution in [1.82, 2.24) is 9.55 Å². The topological polar surface area (TPSA) is 141 Å². The number of hydrogen-bond acceptors (Lipinski definition) is 7. The van der Waals surface area contributed by atoms with Gasteiger partial charge in [-0.1, -0.05) is 49.4 Å². The normalized spacial score (nSPS) is 19.5. The summed E-state index contributed by atoms with van der Waals surface area (Å²) in [6.07, 6.45) is -2.54. The molecule has 0 bridgehead atoms. The Hall–Kier alpha value is -4.19. The molecule has 0 aliphatic carbocycles. The molecule has 0 spiro atoms. The van der Waals surface area contributed by atoms with Gasteiger partial charge in [0.05, 0.1) is 24.0 Å². The van der Waals surface area contributed by atoms with Crippen LogP contribution in [0.5, 0.6) is 0 Å². The fourth-order valence-electron chi connectivity index (χ4n) is 4.10. The maximum Gasteiger partial charge on any atom is 0.429 e. The number of carboxylic acid groups (broad SMARTS) is 1. The molecule has 4 atom stereocenters. The van der Waals surface area contributed by atoms with Gasteiger partial charge in [0.1, 0.15) is 6.04 Å². The molecule has 194 valence electrons. The molecule has 4 rings (SSSR count). The molecular formula is C25H25F3N6O3. The highest BCUT2D eigenvalue weighted by Gasteiger charge is 2.46. The average Bonchev–Trinajstić information content (AvgIpc) is 3.39. The van der Waals surface area contributed by atoms with E-state index in [9.17, 15) is 18.0 Å². The van der Waals surface area contributed by atoms with Gasteiger partial charge in [-0.2, -0.15) is 18.2 Å². The number of carboxylic acids is 1. The Morgan fingerprint density at radius 3 is 2.51 bits per heavy atom. The third kappa shape index (κ3) is 5.80. The van der Waals surface area contributed by atoms with Crippen LogP contribution < -0.4 is 11.5 Å². The van der Waals surface area contributed by atoms with Crippen LogP contribution in [0, 0.1) is 5.92 Å². The number of guanidine groups is 1. The Morgan fingerprint density at radius 2 is 1.89 bits per heavy atom. The molecule has 1 aliphatic rings. The lowest BCUT2D eigenvalue weighted by Gasteiger charge is -2.30. The predicted molar refractivity (Wildman–Crippen MR) is 130 cm³/mol. The van der Waals surface area contributed by atoms with Crippen molar-refractivity contribution in [2.75, 3.05) is 0 Å². The second-order valence-electron chi connectivity index (χ2n) is 8.63. The molecule has 0 saturated carbocycles. The second-order valence-corrected chi connectivity index (χ2v) is 8.63. The first-order valence-electron chi connectivity index (χ1n) is 11.3. The van der Waals surface area contributed by atoms with Crippen molar-refractivity contribution in [3.05, 3.63) is 83.9 Å². The maximum absolute atomic E-state index is 14.3. The summed E-state index contributed by atoms with van der Waals surface area (Å²) in [5, 5.41) is 9.01. The summed E-state index contributed by atoms with van der Waals surface area (Å²) in [6.45, 7) is 1.66. The van der Waals surface area contributed by atoms with Crippen LogP contribution in [0.1, 0.15) is 35.8 Å². The number of alkyl halides is 3. The van der Waals surface area contributed by atoms with Crippen LogP contribution in [-0.4, -0.2) is 44.7 Å². The number of halogens is 3. The van der Waals surface area contributed by atoms with E-state index in [1.165, 1.54) is 29.2 Å². The molecule has 5 N–H and O–H groups in total. The summed E-state index contributed by atoms with van der Waals surface area (Å²) >= 11 is 0. The van der Waals surface area contributed by atoms with Crippen LogP contribution in [0.25, 0.3) is 5.69 Å². The summed E-state index contributed by atoms with van der Waals surface area (Å²) in [6, 6.07) is 11.1. The lowest BCUT2D eigenvalue weighted by molar-refractivity contribution is -0.202. The van der Waals surface area contributed by atoms with Crippen molar-refractivity contribution >= 4 is 17.8 Å². The second kappa shape index (κ2) is 10.4. The minimum absolute atomic E-state index is 0.111. The van der Waals surface area contributed by atoms with Gasteiger partial charge in [-0.15, -0.1) is 0 Å². The van der Waals surface area contributed by atoms with Gasteiger partial charge >= 0.3 is 12.1 Å². The number of benzene rings is 2. The monoisotopic (exact) mass is 514 g/mol. The number of rotatable bonds is 7. The zero-order chi connectivity index (χ0) is 26.7. The van der Waals surface area contributed by atoms with Crippen LogP contribution >= 0.6 is 0 Å². The molecule has 3 aromatic rings. The first-order chi connectivity index (χ1) is 17.5. The molecule has 1 aromatic heterocycles. The Labute approximate surface area is 210 Å². The highest BCUT2D eigenvalue weighted by Crippen LogP contribution is 2.41. The summed E-state index contributed by atoms with van der Waals surface area (Å²) < 4.78 is 50.0. The van der Waals surface area contributed by atoms with E-state index in [1.807, 2.05) is 0 Å². The van der Waals surface area contributed by atoms with Gasteiger partial charge in [0, 0.05) is 18.0 Å². The van der Waals surface area contributed by atoms with Gasteiger partial charge in [-0.3, -0.25) is 4.79 Å². The number of para-hydroxylation sites is 1. The molecule has 37 heavy (non-hydrogen) atoms. The minimum Gasteiger partial charge on any atom is -0.480 e. The number of nitrogens with zero attached hydrogens (tertiary/aromatic N) is 4. The summed E-state index contributed by atoms with van der Waals surface area (Å²) in [4.78, 5) is 23.3. The highest BCUT2D eigenvalue weighted by molar-refractivity contribution is 5.96. The van der Waals surface area contributed by atoms with Gasteiger partial charge < -0.3 is 25.9 Å². The molecule has 0 amide bonds. The first-order valence-corrected chi connectivity index (χ1v) is 11.3. The Kier molecular flexibility index (Phi) is 7.30. The highest BCUT2D eigenvalue weighted by atomic mass is 19.4. The minimum atomic E-state index is -4.76. The van der Waals surface area contributed by atoms with Crippen LogP contribution in [0.2, 0.25) is 0 Å². The first kappa shape index (κ1) is 25.9. The van der Waals surface area contributed by atoms with E-state index in [2.05, 4.69) is 15.0 Å². The van der Waals surface area contributed by atoms with Gasteiger partial charge in [0.15, 0.2) is 5.90 Å². The molecule has 2 aromatic carbocycles. The van der Waals surface area contributed by atoms with Crippen molar-refractivity contribution in [2.24, 2.45) is 27.4 Å². The fourth-order valence-corrected chi connectivity index (χ4v) is 4.10. The number of hydrogen-bond donors (Lipinski definition) is 3. The molecule has 0 fully saturated rings. The predicted octanol–water partition coefficient (Wildman–Crippen LogP) is 3.55. The number of nitrogens with two attached hydrogens (primary N) is 2. The number of imidazole rings is 1. The van der Waals surface area contributed by atoms with Crippen molar-refractivity contribution in [1.29, 1.82) is 0 Å². The van der Waals surface area contributed by atoms with Crippen molar-refractivity contribution < 1.29 is 27.8 Å². The van der Waals surface area contributed by atoms with Gasteiger partial charge in [-0.05, 0) is 23.6 Å². The fraction of sp³-hybridized carbons (Fsp3) is 0.280. The number of aliphatic carboxylic acids is 1. The number of ether oxygens (including phenoxy) is 1. The Morgan fingerprint density at radius 1 is 1.19 bits per heavy atom. The Balaban J connectivity index is 1.61. The standard InChI is InChI=1S/C25H25F3N6O3/c1-14-20(16-8-6-15(7-9-16)12-18(29)23(35)36)32-24(30)33-22(14)37-21(25(26,27)28)17-4-2-3-5-19(17)34-11-10-31-13-34/h2-11,13-14,18,20-21H,12,29H2,1H3,(H2,30,32)(H,35,36)/t14?,18-,20?,21?/m0/s1. The largest absolute Gasteiger partial charge is 0.480 e. The third-order valence-electron chi connectivity index (χ3n) is 5.99. The zero-order valence-corrected chi connectivity index (χ0v) is 19.7. The van der Waals surface area contributed by atoms with Gasteiger partial charge in [0.2, 0.25) is 12.1 Å². The molecule has 3 unspecified atom stereocenters. The van der Waals surface area contributed by atoms with Crippen molar-refractivity contribution in [3.63, 3.8) is 0 Å². The summed E-state index contributed by atoms with van der Waals surface area (Å²) in [7, 11) is 0. The van der Waals surface area contributed by atoms with E-state index in [4.69, 9.17) is 21.3 Å². The van der Waals surface area contributed by atoms with Crippen LogP contribution in [0.15, 0.2) is 77.2 Å². The molecule has 2 heterocycles. The molecule has 1 aliphatic heterocycles. The van der Waals surface area contributed by atoms with E-state index in [0.29, 0.717) is 11.1 Å². The number of carbonyl (C=O) groups is 1. The summed E-state index contributed by atoms with van der Waals surface area (Å²) in [5.41, 5.74) is 13.0. The Bertz CT molecular complexity index is 1310. The number of aromatic nitrogens is 2. The summed E-state index contributed by atoms with van der Waals surface area (Å²) in [5.74, 6) is -2.20. The van der Waals surface area contributed by atoms with E-state index in [0.717, 1.165) is 0 Å². The molecule has 0 radical (unpaired) electrons. The molecule has 12 heteroatoms. The van der Waals surface area contributed by atoms with Crippen molar-refractivity contribution in [3.8, 4) is 5.69 Å². The van der Waals surface area contributed by atoms with Crippen LogP contribution in [-0.2, 0) is 16.0 Å². The van der Waals surface area contributed by atoms with Crippen molar-refractivity contribution in [2.45, 2.75) is 37.7 Å². The maximum atomic E-state index is 14.3. The van der Waals surface area contributed by atoms with E-state index < -0.39 is 36.3 Å². The van der Waals surface area contributed by atoms with Crippen LogP contribution in [0.4, 0.5) is 13.2 Å². The zero-order valence-electron chi connectivity index (χ0n) is 19.7. The third-order valence-corrected chi connectivity index (χ3v) is 5.99. The molecular weight excluding hydrogens is 489 g/mol. The van der Waals surface area contributed by atoms with E-state index >= 15 is 0 Å². The quantitative estimate of drug-likeness (QED) is 0.440. The lowest BCUT2D eigenvalue weighted by Crippen LogP contribution is -2.34.